The highest BCUT2D eigenvalue weighted by Gasteiger charge is 2.20. The molecule has 0 saturated carbocycles. The number of nitrogens with zero attached hydrogens (tertiary/aromatic N) is 2. The number of pyridine rings is 1. The first kappa shape index (κ1) is 19.5. The third kappa shape index (κ3) is 3.35. The summed E-state index contributed by atoms with van der Waals surface area (Å²) in [6.07, 6.45) is 0. The molecule has 3 aromatic rings. The van der Waals surface area contributed by atoms with Crippen molar-refractivity contribution in [2.45, 2.75) is 47.1 Å². The van der Waals surface area contributed by atoms with Crippen molar-refractivity contribution < 1.29 is 4.79 Å². The van der Waals surface area contributed by atoms with Crippen LogP contribution in [0.25, 0.3) is 11.0 Å². The summed E-state index contributed by atoms with van der Waals surface area (Å²) in [7, 11) is 0. The molecule has 2 heterocycles. The molecular formula is C21H24N4O3. The highest BCUT2D eigenvalue weighted by molar-refractivity contribution is 6.12. The van der Waals surface area contributed by atoms with E-state index in [1.54, 1.807) is 13.0 Å². The second kappa shape index (κ2) is 7.42. The first-order chi connectivity index (χ1) is 13.2. The van der Waals surface area contributed by atoms with Crippen LogP contribution in [0.2, 0.25) is 0 Å². The number of amides is 1. The topological polar surface area (TPSA) is 96.9 Å². The molecule has 0 atom stereocenters. The number of hydrogen-bond donors (Lipinski definition) is 2. The molecule has 0 fully saturated rings. The van der Waals surface area contributed by atoms with E-state index in [2.05, 4.69) is 15.3 Å². The van der Waals surface area contributed by atoms with Crippen molar-refractivity contribution in [2.24, 2.45) is 0 Å². The number of aryl methyl sites for hydroxylation is 2. The van der Waals surface area contributed by atoms with Gasteiger partial charge >= 0.3 is 5.69 Å². The Morgan fingerprint density at radius 1 is 1.25 bits per heavy atom. The van der Waals surface area contributed by atoms with Gasteiger partial charge in [0, 0.05) is 17.9 Å². The molecule has 7 nitrogen and oxygen atoms in total. The van der Waals surface area contributed by atoms with Crippen molar-refractivity contribution in [1.29, 1.82) is 0 Å². The third-order valence-corrected chi connectivity index (χ3v) is 4.97. The van der Waals surface area contributed by atoms with Crippen molar-refractivity contribution in [3.05, 3.63) is 67.5 Å². The zero-order valence-electron chi connectivity index (χ0n) is 16.7. The lowest BCUT2D eigenvalue weighted by atomic mass is 10.0. The number of aromatic nitrogens is 3. The number of carbonyl (C=O) groups is 1. The molecule has 0 unspecified atom stereocenters. The van der Waals surface area contributed by atoms with Gasteiger partial charge in [-0.3, -0.25) is 19.1 Å². The molecule has 0 radical (unpaired) electrons. The van der Waals surface area contributed by atoms with Crippen LogP contribution in [-0.2, 0) is 6.54 Å². The van der Waals surface area contributed by atoms with Crippen LogP contribution in [0.5, 0.6) is 0 Å². The van der Waals surface area contributed by atoms with Gasteiger partial charge in [0.25, 0.3) is 11.5 Å². The fourth-order valence-corrected chi connectivity index (χ4v) is 3.14. The maximum atomic E-state index is 13.1. The summed E-state index contributed by atoms with van der Waals surface area (Å²) >= 11 is 0. The van der Waals surface area contributed by atoms with Crippen LogP contribution >= 0.6 is 0 Å². The molecule has 2 aromatic heterocycles. The summed E-state index contributed by atoms with van der Waals surface area (Å²) in [6.45, 7) is 9.91. The quantitative estimate of drug-likeness (QED) is 0.727. The lowest BCUT2D eigenvalue weighted by Crippen LogP contribution is -2.32. The first-order valence-corrected chi connectivity index (χ1v) is 9.29. The van der Waals surface area contributed by atoms with Crippen molar-refractivity contribution in [3.8, 4) is 0 Å². The molecule has 0 aliphatic rings. The zero-order valence-corrected chi connectivity index (χ0v) is 16.7. The lowest BCUT2D eigenvalue weighted by molar-refractivity contribution is 0.102. The summed E-state index contributed by atoms with van der Waals surface area (Å²) < 4.78 is 1.37. The summed E-state index contributed by atoms with van der Waals surface area (Å²) in [6, 6.07) is 7.28. The average molecular weight is 380 g/mol. The van der Waals surface area contributed by atoms with E-state index < -0.39 is 17.2 Å². The second-order valence-electron chi connectivity index (χ2n) is 7.15. The summed E-state index contributed by atoms with van der Waals surface area (Å²) in [5.74, 6) is -0.383. The van der Waals surface area contributed by atoms with E-state index in [1.807, 2.05) is 45.9 Å². The predicted octanol–water partition coefficient (Wildman–Crippen LogP) is 3.10. The van der Waals surface area contributed by atoms with Crippen LogP contribution in [0.15, 0.2) is 33.9 Å². The number of fused-ring (bicyclic) bond motifs is 1. The number of hydrogen-bond acceptors (Lipinski definition) is 4. The van der Waals surface area contributed by atoms with E-state index in [-0.39, 0.29) is 22.5 Å². The number of H-pyrrole nitrogens is 1. The van der Waals surface area contributed by atoms with E-state index in [4.69, 9.17) is 0 Å². The van der Waals surface area contributed by atoms with Crippen LogP contribution in [0, 0.1) is 13.8 Å². The number of benzene rings is 1. The molecule has 0 aliphatic carbocycles. The Kier molecular flexibility index (Phi) is 5.18. The average Bonchev–Trinajstić information content (AvgIpc) is 2.64. The van der Waals surface area contributed by atoms with Crippen molar-refractivity contribution in [2.75, 3.05) is 5.32 Å². The molecule has 7 heteroatoms. The summed E-state index contributed by atoms with van der Waals surface area (Å²) in [5, 5.41) is 3.02. The molecule has 2 N–H and O–H groups in total. The largest absolute Gasteiger partial charge is 0.329 e. The van der Waals surface area contributed by atoms with E-state index in [9.17, 15) is 14.4 Å². The number of rotatable bonds is 4. The standard InChI is InChI=1S/C21H24N4O3/c1-6-25-18-17(20(27)24-21(25)28)14(10-16(22-18)11(2)3)19(26)23-15-9-7-8-12(4)13(15)5/h7-11H,6H2,1-5H3,(H,23,26)(H,24,27,28). The van der Waals surface area contributed by atoms with Gasteiger partial charge in [0.1, 0.15) is 0 Å². The molecule has 0 bridgehead atoms. The maximum Gasteiger partial charge on any atom is 0.329 e. The highest BCUT2D eigenvalue weighted by atomic mass is 16.2. The Morgan fingerprint density at radius 2 is 1.96 bits per heavy atom. The fourth-order valence-electron chi connectivity index (χ4n) is 3.14. The van der Waals surface area contributed by atoms with Gasteiger partial charge in [0.05, 0.1) is 10.9 Å². The van der Waals surface area contributed by atoms with E-state index in [0.717, 1.165) is 11.1 Å². The molecule has 1 aromatic carbocycles. The Morgan fingerprint density at radius 3 is 2.61 bits per heavy atom. The number of nitrogens with one attached hydrogen (secondary N) is 2. The molecule has 0 aliphatic heterocycles. The molecule has 3 rings (SSSR count). The van der Waals surface area contributed by atoms with Crippen LogP contribution < -0.4 is 16.6 Å². The van der Waals surface area contributed by atoms with Gasteiger partial charge in [-0.2, -0.15) is 0 Å². The summed E-state index contributed by atoms with van der Waals surface area (Å²) in [4.78, 5) is 44.7. The first-order valence-electron chi connectivity index (χ1n) is 9.29. The van der Waals surface area contributed by atoms with Gasteiger partial charge in [-0.1, -0.05) is 26.0 Å². The minimum absolute atomic E-state index is 0.0244. The smallest absolute Gasteiger partial charge is 0.322 e. The number of aromatic amines is 1. The van der Waals surface area contributed by atoms with Crippen molar-refractivity contribution in [1.82, 2.24) is 14.5 Å². The maximum absolute atomic E-state index is 13.1. The Balaban J connectivity index is 2.27. The van der Waals surface area contributed by atoms with E-state index >= 15 is 0 Å². The van der Waals surface area contributed by atoms with Crippen LogP contribution in [0.1, 0.15) is 53.9 Å². The minimum Gasteiger partial charge on any atom is -0.322 e. The van der Waals surface area contributed by atoms with Crippen molar-refractivity contribution in [3.63, 3.8) is 0 Å². The van der Waals surface area contributed by atoms with Gasteiger partial charge in [-0.25, -0.2) is 9.78 Å². The van der Waals surface area contributed by atoms with Crippen LogP contribution in [-0.4, -0.2) is 20.4 Å². The van der Waals surface area contributed by atoms with Gasteiger partial charge in [-0.05, 0) is 49.9 Å². The van der Waals surface area contributed by atoms with E-state index in [1.165, 1.54) is 4.57 Å². The normalized spacial score (nSPS) is 11.2. The second-order valence-corrected chi connectivity index (χ2v) is 7.15. The van der Waals surface area contributed by atoms with E-state index in [0.29, 0.717) is 17.9 Å². The Bertz CT molecular complexity index is 1190. The number of anilines is 1. The highest BCUT2D eigenvalue weighted by Crippen LogP contribution is 2.23. The minimum atomic E-state index is -0.612. The zero-order chi connectivity index (χ0) is 20.6. The molecule has 1 amide bonds. The van der Waals surface area contributed by atoms with Crippen LogP contribution in [0.3, 0.4) is 0 Å². The fraction of sp³-hybridized carbons (Fsp3) is 0.333. The molecule has 0 spiro atoms. The van der Waals surface area contributed by atoms with Crippen LogP contribution in [0.4, 0.5) is 5.69 Å². The van der Waals surface area contributed by atoms with Gasteiger partial charge in [0.15, 0.2) is 5.65 Å². The Labute approximate surface area is 162 Å². The third-order valence-electron chi connectivity index (χ3n) is 4.97. The predicted molar refractivity (Wildman–Crippen MR) is 110 cm³/mol. The lowest BCUT2D eigenvalue weighted by Gasteiger charge is -2.15. The summed E-state index contributed by atoms with van der Waals surface area (Å²) in [5.41, 5.74) is 2.63. The Hall–Kier alpha value is -3.22. The molecule has 28 heavy (non-hydrogen) atoms. The molecular weight excluding hydrogens is 356 g/mol. The van der Waals surface area contributed by atoms with Crippen molar-refractivity contribution >= 4 is 22.6 Å². The van der Waals surface area contributed by atoms with Gasteiger partial charge in [-0.15, -0.1) is 0 Å². The monoisotopic (exact) mass is 380 g/mol. The molecule has 146 valence electrons. The van der Waals surface area contributed by atoms with Gasteiger partial charge in [0.2, 0.25) is 0 Å². The number of carbonyl (C=O) groups excluding carboxylic acids is 1. The molecule has 0 saturated heterocycles. The SMILES string of the molecule is CCn1c(=O)[nH]c(=O)c2c(C(=O)Nc3cccc(C)c3C)cc(C(C)C)nc21. The van der Waals surface area contributed by atoms with Gasteiger partial charge < -0.3 is 5.32 Å².